The Balaban J connectivity index is 1.25. The highest BCUT2D eigenvalue weighted by Crippen LogP contribution is 2.28. The summed E-state index contributed by atoms with van der Waals surface area (Å²) >= 11 is 0. The number of amides is 2. The van der Waals surface area contributed by atoms with Crippen LogP contribution in [0.3, 0.4) is 0 Å². The number of carbonyl (C=O) groups excluding carboxylic acids is 1. The Labute approximate surface area is 169 Å². The molecule has 5 rings (SSSR count). The highest BCUT2D eigenvalue weighted by atomic mass is 16.2. The van der Waals surface area contributed by atoms with Crippen LogP contribution in [0.5, 0.6) is 0 Å². The van der Waals surface area contributed by atoms with Gasteiger partial charge in [0.1, 0.15) is 5.69 Å². The Morgan fingerprint density at radius 3 is 2.76 bits per heavy atom. The third kappa shape index (κ3) is 3.63. The van der Waals surface area contributed by atoms with Crippen molar-refractivity contribution < 1.29 is 4.79 Å². The third-order valence-corrected chi connectivity index (χ3v) is 5.74. The van der Waals surface area contributed by atoms with E-state index in [2.05, 4.69) is 30.9 Å². The molecule has 150 valence electrons. The van der Waals surface area contributed by atoms with Gasteiger partial charge >= 0.3 is 6.03 Å². The van der Waals surface area contributed by atoms with Crippen LogP contribution in [0, 0.1) is 0 Å². The number of hydrogen-bond donors (Lipinski definition) is 2. The van der Waals surface area contributed by atoms with E-state index in [0.717, 1.165) is 62.8 Å². The second kappa shape index (κ2) is 7.71. The first kappa shape index (κ1) is 17.9. The van der Waals surface area contributed by atoms with Gasteiger partial charge in [0.25, 0.3) is 0 Å². The maximum absolute atomic E-state index is 12.5. The molecule has 0 radical (unpaired) electrons. The lowest BCUT2D eigenvalue weighted by atomic mass is 10.0. The summed E-state index contributed by atoms with van der Waals surface area (Å²) < 4.78 is 4.30. The summed E-state index contributed by atoms with van der Waals surface area (Å²) in [5.74, 6) is 0.916. The lowest BCUT2D eigenvalue weighted by Crippen LogP contribution is -2.41. The topological polar surface area (TPSA) is 80.0 Å². The molecule has 0 unspecified atom stereocenters. The Kier molecular flexibility index (Phi) is 4.77. The van der Waals surface area contributed by atoms with Crippen molar-refractivity contribution in [2.24, 2.45) is 0 Å². The van der Waals surface area contributed by atoms with Gasteiger partial charge in [0.05, 0.1) is 12.2 Å². The molecular formula is C21H25N7O. The van der Waals surface area contributed by atoms with Gasteiger partial charge in [-0.25, -0.2) is 9.78 Å². The van der Waals surface area contributed by atoms with E-state index in [-0.39, 0.29) is 6.03 Å². The molecule has 0 bridgehead atoms. The van der Waals surface area contributed by atoms with Crippen LogP contribution in [-0.2, 0) is 13.1 Å². The molecule has 2 N–H and O–H groups in total. The van der Waals surface area contributed by atoms with Crippen molar-refractivity contribution in [3.63, 3.8) is 0 Å². The zero-order valence-corrected chi connectivity index (χ0v) is 16.3. The van der Waals surface area contributed by atoms with Crippen molar-refractivity contribution >= 4 is 11.7 Å². The number of rotatable bonds is 3. The zero-order chi connectivity index (χ0) is 19.6. The van der Waals surface area contributed by atoms with E-state index >= 15 is 0 Å². The monoisotopic (exact) mass is 391 g/mol. The normalized spacial score (nSPS) is 17.2. The molecule has 2 amide bonds. The number of nitrogens with one attached hydrogen (secondary N) is 2. The molecule has 8 nitrogen and oxygen atoms in total. The fraction of sp³-hybridized carbons (Fsp3) is 0.381. The van der Waals surface area contributed by atoms with Crippen molar-refractivity contribution in [3.05, 3.63) is 54.5 Å². The summed E-state index contributed by atoms with van der Waals surface area (Å²) in [5, 5.41) is 11.1. The van der Waals surface area contributed by atoms with E-state index in [0.29, 0.717) is 6.04 Å². The van der Waals surface area contributed by atoms with E-state index in [9.17, 15) is 4.79 Å². The van der Waals surface area contributed by atoms with Crippen LogP contribution < -0.4 is 10.6 Å². The predicted octanol–water partition coefficient (Wildman–Crippen LogP) is 2.72. The number of aromatic nitrogens is 4. The summed E-state index contributed by atoms with van der Waals surface area (Å²) in [6.07, 6.45) is 5.69. The van der Waals surface area contributed by atoms with Crippen LogP contribution >= 0.6 is 0 Å². The molecule has 1 aromatic carbocycles. The number of likely N-dealkylation sites (tertiary alicyclic amines) is 1. The number of anilines is 1. The number of benzene rings is 1. The van der Waals surface area contributed by atoms with Gasteiger partial charge in [-0.05, 0) is 31.0 Å². The van der Waals surface area contributed by atoms with Gasteiger partial charge in [-0.1, -0.05) is 18.2 Å². The summed E-state index contributed by atoms with van der Waals surface area (Å²) in [6.45, 7) is 4.15. The van der Waals surface area contributed by atoms with E-state index in [1.807, 2.05) is 47.6 Å². The van der Waals surface area contributed by atoms with Gasteiger partial charge in [0, 0.05) is 50.3 Å². The van der Waals surface area contributed by atoms with Crippen molar-refractivity contribution in [1.29, 1.82) is 0 Å². The number of urea groups is 1. The molecule has 3 aromatic rings. The summed E-state index contributed by atoms with van der Waals surface area (Å²) in [6, 6.07) is 12.0. The Bertz CT molecular complexity index is 962. The van der Waals surface area contributed by atoms with Crippen molar-refractivity contribution in [2.45, 2.75) is 32.0 Å². The Hall–Kier alpha value is -3.13. The van der Waals surface area contributed by atoms with Crippen LogP contribution in [0.25, 0.3) is 11.5 Å². The van der Waals surface area contributed by atoms with Crippen molar-refractivity contribution in [3.8, 4) is 11.5 Å². The standard InChI is InChI=1S/C21H25N7O/c29-21(24-16-4-2-1-3-5-16)26-10-6-17(7-11-26)27-12-9-23-20(27)19-14-18-15-22-8-13-28(18)25-19/h1-5,9,12,14,17,22H,6-8,10-11,13,15H2,(H,24,29). The fourth-order valence-corrected chi connectivity index (χ4v) is 4.18. The SMILES string of the molecule is O=C(Nc1ccccc1)N1CCC(n2ccnc2-c2cc3n(n2)CCNC3)CC1. The first-order valence-corrected chi connectivity index (χ1v) is 10.2. The minimum absolute atomic E-state index is 0.0326. The van der Waals surface area contributed by atoms with Crippen molar-refractivity contribution in [2.75, 3.05) is 25.0 Å². The van der Waals surface area contributed by atoms with Crippen LogP contribution in [0.4, 0.5) is 10.5 Å². The quantitative estimate of drug-likeness (QED) is 0.719. The van der Waals surface area contributed by atoms with Gasteiger partial charge < -0.3 is 20.1 Å². The molecular weight excluding hydrogens is 366 g/mol. The maximum atomic E-state index is 12.5. The number of imidazole rings is 1. The maximum Gasteiger partial charge on any atom is 0.321 e. The average Bonchev–Trinajstić information content (AvgIpc) is 3.41. The van der Waals surface area contributed by atoms with Crippen LogP contribution in [0.15, 0.2) is 48.8 Å². The van der Waals surface area contributed by atoms with Crippen molar-refractivity contribution in [1.82, 2.24) is 29.5 Å². The summed E-state index contributed by atoms with van der Waals surface area (Å²) in [7, 11) is 0. The highest BCUT2D eigenvalue weighted by Gasteiger charge is 2.26. The van der Waals surface area contributed by atoms with E-state index in [1.54, 1.807) is 0 Å². The summed E-state index contributed by atoms with van der Waals surface area (Å²) in [4.78, 5) is 19.0. The molecule has 0 spiro atoms. The molecule has 0 aliphatic carbocycles. The van der Waals surface area contributed by atoms with Crippen LogP contribution in [-0.4, -0.2) is 49.9 Å². The van der Waals surface area contributed by atoms with Gasteiger partial charge in [-0.3, -0.25) is 4.68 Å². The van der Waals surface area contributed by atoms with E-state index in [4.69, 9.17) is 5.10 Å². The minimum Gasteiger partial charge on any atom is -0.326 e. The lowest BCUT2D eigenvalue weighted by molar-refractivity contribution is 0.184. The highest BCUT2D eigenvalue weighted by molar-refractivity contribution is 5.89. The summed E-state index contributed by atoms with van der Waals surface area (Å²) in [5.41, 5.74) is 2.96. The number of carbonyl (C=O) groups is 1. The van der Waals surface area contributed by atoms with Gasteiger partial charge in [-0.15, -0.1) is 0 Å². The molecule has 1 fully saturated rings. The first-order valence-electron chi connectivity index (χ1n) is 10.2. The number of piperidine rings is 1. The predicted molar refractivity (Wildman–Crippen MR) is 110 cm³/mol. The van der Waals surface area contributed by atoms with Gasteiger partial charge in [0.15, 0.2) is 5.82 Å². The number of nitrogens with zero attached hydrogens (tertiary/aromatic N) is 5. The lowest BCUT2D eigenvalue weighted by Gasteiger charge is -2.33. The van der Waals surface area contributed by atoms with Crippen LogP contribution in [0.1, 0.15) is 24.6 Å². The number of fused-ring (bicyclic) bond motifs is 1. The molecule has 4 heterocycles. The molecule has 2 aliphatic heterocycles. The molecule has 2 aliphatic rings. The fourth-order valence-electron chi connectivity index (χ4n) is 4.18. The number of para-hydroxylation sites is 1. The first-order chi connectivity index (χ1) is 14.3. The second-order valence-electron chi connectivity index (χ2n) is 7.59. The number of hydrogen-bond acceptors (Lipinski definition) is 4. The molecule has 29 heavy (non-hydrogen) atoms. The van der Waals surface area contributed by atoms with E-state index in [1.165, 1.54) is 5.69 Å². The molecule has 1 saturated heterocycles. The molecule has 0 atom stereocenters. The zero-order valence-electron chi connectivity index (χ0n) is 16.3. The molecule has 2 aromatic heterocycles. The van der Waals surface area contributed by atoms with Crippen LogP contribution in [0.2, 0.25) is 0 Å². The molecule has 8 heteroatoms. The second-order valence-corrected chi connectivity index (χ2v) is 7.59. The third-order valence-electron chi connectivity index (χ3n) is 5.74. The smallest absolute Gasteiger partial charge is 0.321 e. The minimum atomic E-state index is -0.0326. The van der Waals surface area contributed by atoms with E-state index < -0.39 is 0 Å². The Morgan fingerprint density at radius 2 is 1.97 bits per heavy atom. The molecule has 0 saturated carbocycles. The Morgan fingerprint density at radius 1 is 1.14 bits per heavy atom. The largest absolute Gasteiger partial charge is 0.326 e. The van der Waals surface area contributed by atoms with Gasteiger partial charge in [0.2, 0.25) is 0 Å². The van der Waals surface area contributed by atoms with Gasteiger partial charge in [-0.2, -0.15) is 5.10 Å². The average molecular weight is 391 g/mol.